The minimum Gasteiger partial charge on any atom is -0.496 e. The Morgan fingerprint density at radius 3 is 2.67 bits per heavy atom. The number of fused-ring (bicyclic) bond motifs is 2. The summed E-state index contributed by atoms with van der Waals surface area (Å²) >= 11 is 0. The zero-order chi connectivity index (χ0) is 18.5. The second-order valence-corrected chi connectivity index (χ2v) is 7.44. The molecule has 1 atom stereocenters. The Bertz CT molecular complexity index is 916. The van der Waals surface area contributed by atoms with Crippen LogP contribution in [0.1, 0.15) is 54.3 Å². The molecule has 5 rings (SSSR count). The molecule has 1 N–H and O–H groups in total. The molecular weight excluding hydrogens is 346 g/mol. The van der Waals surface area contributed by atoms with Gasteiger partial charge >= 0.3 is 0 Å². The van der Waals surface area contributed by atoms with Crippen LogP contribution in [-0.2, 0) is 11.8 Å². The third kappa shape index (κ3) is 2.72. The average molecular weight is 369 g/mol. The maximum absolute atomic E-state index is 12.5. The molecule has 1 aromatic heterocycles. The number of rotatable bonds is 3. The van der Waals surface area contributed by atoms with Gasteiger partial charge in [0, 0.05) is 48.9 Å². The van der Waals surface area contributed by atoms with Crippen molar-refractivity contribution >= 4 is 11.7 Å². The predicted molar refractivity (Wildman–Crippen MR) is 98.9 cm³/mol. The van der Waals surface area contributed by atoms with E-state index in [0.717, 1.165) is 47.7 Å². The van der Waals surface area contributed by atoms with Crippen LogP contribution < -0.4 is 19.5 Å². The summed E-state index contributed by atoms with van der Waals surface area (Å²) in [4.78, 5) is 12.5. The van der Waals surface area contributed by atoms with Gasteiger partial charge in [-0.1, -0.05) is 0 Å². The molecule has 27 heavy (non-hydrogen) atoms. The first-order valence-electron chi connectivity index (χ1n) is 9.50. The number of hydrogen-bond donors (Lipinski definition) is 1. The molecule has 0 radical (unpaired) electrons. The number of hydrogen-bond acceptors (Lipinski definition) is 5. The highest BCUT2D eigenvalue weighted by Crippen LogP contribution is 2.51. The van der Waals surface area contributed by atoms with Crippen LogP contribution in [-0.4, -0.2) is 36.0 Å². The molecule has 1 unspecified atom stereocenters. The van der Waals surface area contributed by atoms with E-state index in [4.69, 9.17) is 19.3 Å². The van der Waals surface area contributed by atoms with Gasteiger partial charge in [0.25, 0.3) is 0 Å². The molecule has 7 nitrogen and oxygen atoms in total. The standard InChI is InChI=1S/C20H23N3O4/c1-23-20-18(19(22-23)11-4-5-11)13(9-17(24)21-20)12-8-15-16(10-14(12)25-2)27-7-3-6-26-15/h8,10-11,13H,3-7,9H2,1-2H3,(H,21,24). The average Bonchev–Trinajstić information content (AvgIpc) is 3.48. The van der Waals surface area contributed by atoms with Crippen LogP contribution in [0.15, 0.2) is 12.1 Å². The van der Waals surface area contributed by atoms with Crippen molar-refractivity contribution in [3.63, 3.8) is 0 Å². The number of anilines is 1. The van der Waals surface area contributed by atoms with Gasteiger partial charge in [0.2, 0.25) is 5.91 Å². The molecule has 1 fully saturated rings. The number of benzene rings is 1. The van der Waals surface area contributed by atoms with E-state index in [1.165, 1.54) is 0 Å². The minimum absolute atomic E-state index is 0.00740. The number of amides is 1. The Hall–Kier alpha value is -2.70. The molecule has 1 aliphatic carbocycles. The van der Waals surface area contributed by atoms with Crippen LogP contribution in [0.4, 0.5) is 5.82 Å². The summed E-state index contributed by atoms with van der Waals surface area (Å²) in [7, 11) is 3.54. The molecule has 0 saturated heterocycles. The molecule has 1 amide bonds. The molecule has 2 aromatic rings. The van der Waals surface area contributed by atoms with Gasteiger partial charge in [-0.15, -0.1) is 0 Å². The fourth-order valence-electron chi connectivity index (χ4n) is 4.10. The summed E-state index contributed by atoms with van der Waals surface area (Å²) in [5, 5.41) is 7.73. The van der Waals surface area contributed by atoms with E-state index in [1.54, 1.807) is 11.8 Å². The SMILES string of the molecule is COc1cc2c(cc1C1CC(=O)Nc3c1c(C1CC1)nn3C)OCCCO2. The molecule has 0 spiro atoms. The van der Waals surface area contributed by atoms with E-state index >= 15 is 0 Å². The van der Waals surface area contributed by atoms with Crippen molar-refractivity contribution in [2.75, 3.05) is 25.6 Å². The van der Waals surface area contributed by atoms with Crippen LogP contribution in [0.5, 0.6) is 17.2 Å². The summed E-state index contributed by atoms with van der Waals surface area (Å²) in [6.07, 6.45) is 3.52. The molecule has 1 saturated carbocycles. The predicted octanol–water partition coefficient (Wildman–Crippen LogP) is 2.94. The minimum atomic E-state index is -0.106. The zero-order valence-electron chi connectivity index (χ0n) is 15.6. The van der Waals surface area contributed by atoms with Crippen molar-refractivity contribution in [2.45, 2.75) is 37.5 Å². The Kier molecular flexibility index (Phi) is 3.77. The highest BCUT2D eigenvalue weighted by Gasteiger charge is 2.39. The van der Waals surface area contributed by atoms with Crippen LogP contribution in [0.3, 0.4) is 0 Å². The van der Waals surface area contributed by atoms with Gasteiger partial charge < -0.3 is 19.5 Å². The fraction of sp³-hybridized carbons (Fsp3) is 0.500. The molecule has 3 aliphatic rings. The first kappa shape index (κ1) is 16.5. The summed E-state index contributed by atoms with van der Waals surface area (Å²) in [6, 6.07) is 3.87. The summed E-state index contributed by atoms with van der Waals surface area (Å²) in [5.41, 5.74) is 3.17. The second-order valence-electron chi connectivity index (χ2n) is 7.44. The van der Waals surface area contributed by atoms with E-state index in [-0.39, 0.29) is 11.8 Å². The number of methoxy groups -OCH3 is 1. The van der Waals surface area contributed by atoms with Crippen LogP contribution in [0.2, 0.25) is 0 Å². The topological polar surface area (TPSA) is 74.6 Å². The van der Waals surface area contributed by atoms with Crippen molar-refractivity contribution in [1.82, 2.24) is 9.78 Å². The Morgan fingerprint density at radius 2 is 1.96 bits per heavy atom. The van der Waals surface area contributed by atoms with Crippen LogP contribution in [0, 0.1) is 0 Å². The van der Waals surface area contributed by atoms with Crippen molar-refractivity contribution < 1.29 is 19.0 Å². The highest BCUT2D eigenvalue weighted by molar-refractivity contribution is 5.95. The van der Waals surface area contributed by atoms with Gasteiger partial charge in [0.1, 0.15) is 11.6 Å². The van der Waals surface area contributed by atoms with Gasteiger partial charge in [0.15, 0.2) is 11.5 Å². The van der Waals surface area contributed by atoms with Gasteiger partial charge in [-0.25, -0.2) is 0 Å². The molecule has 2 aliphatic heterocycles. The number of nitrogens with zero attached hydrogens (tertiary/aromatic N) is 2. The van der Waals surface area contributed by atoms with Crippen molar-refractivity contribution in [3.8, 4) is 17.2 Å². The number of ether oxygens (including phenoxy) is 3. The van der Waals surface area contributed by atoms with Crippen LogP contribution in [0.25, 0.3) is 0 Å². The number of carbonyl (C=O) groups is 1. The smallest absolute Gasteiger partial charge is 0.226 e. The van der Waals surface area contributed by atoms with Gasteiger partial charge in [-0.05, 0) is 18.9 Å². The number of nitrogens with one attached hydrogen (secondary N) is 1. The van der Waals surface area contributed by atoms with Crippen molar-refractivity contribution in [2.24, 2.45) is 7.05 Å². The second kappa shape index (κ2) is 6.18. The normalized spacial score (nSPS) is 21.3. The lowest BCUT2D eigenvalue weighted by molar-refractivity contribution is -0.116. The number of aryl methyl sites for hydroxylation is 1. The molecular formula is C20H23N3O4. The van der Waals surface area contributed by atoms with Crippen molar-refractivity contribution in [1.29, 1.82) is 0 Å². The number of carbonyl (C=O) groups excluding carboxylic acids is 1. The first-order valence-corrected chi connectivity index (χ1v) is 9.50. The lowest BCUT2D eigenvalue weighted by atomic mass is 9.84. The molecule has 3 heterocycles. The molecule has 142 valence electrons. The third-order valence-corrected chi connectivity index (χ3v) is 5.55. The quantitative estimate of drug-likeness (QED) is 0.900. The van der Waals surface area contributed by atoms with E-state index in [1.807, 2.05) is 19.2 Å². The third-order valence-electron chi connectivity index (χ3n) is 5.55. The summed E-state index contributed by atoms with van der Waals surface area (Å²) in [5.74, 6) is 3.30. The van der Waals surface area contributed by atoms with Gasteiger partial charge in [-0.3, -0.25) is 9.48 Å². The zero-order valence-corrected chi connectivity index (χ0v) is 15.6. The Balaban J connectivity index is 1.67. The lowest BCUT2D eigenvalue weighted by Crippen LogP contribution is -2.25. The molecule has 7 heteroatoms. The van der Waals surface area contributed by atoms with E-state index in [2.05, 4.69) is 5.32 Å². The Labute approximate surface area is 157 Å². The highest BCUT2D eigenvalue weighted by atomic mass is 16.5. The van der Waals surface area contributed by atoms with Gasteiger partial charge in [-0.2, -0.15) is 5.10 Å². The van der Waals surface area contributed by atoms with E-state index < -0.39 is 0 Å². The maximum Gasteiger partial charge on any atom is 0.226 e. The Morgan fingerprint density at radius 1 is 1.22 bits per heavy atom. The van der Waals surface area contributed by atoms with Crippen LogP contribution >= 0.6 is 0 Å². The first-order chi connectivity index (χ1) is 13.2. The maximum atomic E-state index is 12.5. The monoisotopic (exact) mass is 369 g/mol. The van der Waals surface area contributed by atoms with Crippen molar-refractivity contribution in [3.05, 3.63) is 29.0 Å². The van der Waals surface area contributed by atoms with E-state index in [9.17, 15) is 4.79 Å². The molecule has 0 bridgehead atoms. The fourth-order valence-corrected chi connectivity index (χ4v) is 4.10. The van der Waals surface area contributed by atoms with Gasteiger partial charge in [0.05, 0.1) is 26.0 Å². The summed E-state index contributed by atoms with van der Waals surface area (Å²) in [6.45, 7) is 1.25. The summed E-state index contributed by atoms with van der Waals surface area (Å²) < 4.78 is 19.2. The lowest BCUT2D eigenvalue weighted by Gasteiger charge is -2.26. The number of aromatic nitrogens is 2. The molecule has 1 aromatic carbocycles. The van der Waals surface area contributed by atoms with E-state index in [0.29, 0.717) is 37.1 Å². The largest absolute Gasteiger partial charge is 0.496 e.